The van der Waals surface area contributed by atoms with Crippen LogP contribution in [-0.4, -0.2) is 54.9 Å². The number of anilines is 1. The molecule has 134 valence electrons. The van der Waals surface area contributed by atoms with Gasteiger partial charge in [-0.1, -0.05) is 6.07 Å². The second-order valence-corrected chi connectivity index (χ2v) is 5.88. The topological polar surface area (TPSA) is 61.8 Å². The van der Waals surface area contributed by atoms with Crippen molar-refractivity contribution in [2.75, 3.05) is 32.1 Å². The van der Waals surface area contributed by atoms with Crippen molar-refractivity contribution in [3.63, 3.8) is 0 Å². The summed E-state index contributed by atoms with van der Waals surface area (Å²) in [6.07, 6.45) is -6.44. The standard InChI is InChI=1S/C16H21F3N2O3/c1-24-13-4-2-3-12(9-13)20-14(22)10-21-7-5-11(6-8-21)15(23)16(17,18)19/h2-4,9,11,15,23H,5-8,10H2,1H3,(H,20,22). The van der Waals surface area contributed by atoms with Gasteiger partial charge in [-0.25, -0.2) is 0 Å². The minimum Gasteiger partial charge on any atom is -0.497 e. The highest BCUT2D eigenvalue weighted by Crippen LogP contribution is 2.31. The lowest BCUT2D eigenvalue weighted by molar-refractivity contribution is -0.223. The third-order valence-corrected chi connectivity index (χ3v) is 4.13. The first-order chi connectivity index (χ1) is 11.3. The number of aliphatic hydroxyl groups is 1. The zero-order chi connectivity index (χ0) is 17.7. The van der Waals surface area contributed by atoms with Crippen LogP contribution in [0.2, 0.25) is 0 Å². The van der Waals surface area contributed by atoms with E-state index >= 15 is 0 Å². The van der Waals surface area contributed by atoms with Gasteiger partial charge in [0.15, 0.2) is 6.10 Å². The molecule has 1 saturated heterocycles. The zero-order valence-electron chi connectivity index (χ0n) is 13.3. The van der Waals surface area contributed by atoms with Crippen LogP contribution in [0.25, 0.3) is 0 Å². The van der Waals surface area contributed by atoms with Gasteiger partial charge in [0, 0.05) is 11.8 Å². The SMILES string of the molecule is COc1cccc(NC(=O)CN2CCC(C(O)C(F)(F)F)CC2)c1. The van der Waals surface area contributed by atoms with E-state index in [1.807, 2.05) is 0 Å². The van der Waals surface area contributed by atoms with E-state index in [9.17, 15) is 23.1 Å². The molecule has 1 aromatic carbocycles. The second kappa shape index (κ2) is 7.85. The van der Waals surface area contributed by atoms with E-state index in [0.717, 1.165) is 0 Å². The normalized spacial score (nSPS) is 18.2. The van der Waals surface area contributed by atoms with Crippen LogP contribution in [0, 0.1) is 5.92 Å². The Morgan fingerprint density at radius 1 is 1.42 bits per heavy atom. The van der Waals surface area contributed by atoms with Crippen molar-refractivity contribution in [3.05, 3.63) is 24.3 Å². The number of aliphatic hydroxyl groups excluding tert-OH is 1. The Labute approximate surface area is 138 Å². The van der Waals surface area contributed by atoms with E-state index < -0.39 is 18.2 Å². The number of halogens is 3. The highest BCUT2D eigenvalue weighted by molar-refractivity contribution is 5.92. The van der Waals surface area contributed by atoms with E-state index in [2.05, 4.69) is 5.32 Å². The molecule has 24 heavy (non-hydrogen) atoms. The molecule has 1 atom stereocenters. The van der Waals surface area contributed by atoms with Crippen LogP contribution in [0.4, 0.5) is 18.9 Å². The number of alkyl halides is 3. The Morgan fingerprint density at radius 3 is 2.67 bits per heavy atom. The minimum atomic E-state index is -4.59. The van der Waals surface area contributed by atoms with Gasteiger partial charge in [-0.2, -0.15) is 13.2 Å². The number of piperidine rings is 1. The molecule has 1 amide bonds. The fraction of sp³-hybridized carbons (Fsp3) is 0.562. The number of benzene rings is 1. The van der Waals surface area contributed by atoms with E-state index in [4.69, 9.17) is 4.74 Å². The fourth-order valence-corrected chi connectivity index (χ4v) is 2.80. The van der Waals surface area contributed by atoms with E-state index in [1.165, 1.54) is 7.11 Å². The predicted molar refractivity (Wildman–Crippen MR) is 82.8 cm³/mol. The first-order valence-corrected chi connectivity index (χ1v) is 7.70. The quantitative estimate of drug-likeness (QED) is 0.859. The molecule has 0 saturated carbocycles. The monoisotopic (exact) mass is 346 g/mol. The van der Waals surface area contributed by atoms with Crippen molar-refractivity contribution in [2.24, 2.45) is 5.92 Å². The van der Waals surface area contributed by atoms with Crippen molar-refractivity contribution in [1.82, 2.24) is 4.90 Å². The zero-order valence-corrected chi connectivity index (χ0v) is 13.3. The largest absolute Gasteiger partial charge is 0.497 e. The number of carbonyl (C=O) groups excluding carboxylic acids is 1. The third-order valence-electron chi connectivity index (χ3n) is 4.13. The van der Waals surface area contributed by atoms with Crippen LogP contribution in [0.5, 0.6) is 5.75 Å². The van der Waals surface area contributed by atoms with Gasteiger partial charge in [-0.15, -0.1) is 0 Å². The Morgan fingerprint density at radius 2 is 2.08 bits per heavy atom. The van der Waals surface area contributed by atoms with Crippen LogP contribution >= 0.6 is 0 Å². The number of hydrogen-bond acceptors (Lipinski definition) is 4. The molecule has 1 aliphatic rings. The molecule has 0 bridgehead atoms. The molecule has 0 aromatic heterocycles. The Kier molecular flexibility index (Phi) is 6.06. The highest BCUT2D eigenvalue weighted by Gasteiger charge is 2.44. The average molecular weight is 346 g/mol. The molecule has 5 nitrogen and oxygen atoms in total. The molecular weight excluding hydrogens is 325 g/mol. The Bertz CT molecular complexity index is 558. The summed E-state index contributed by atoms with van der Waals surface area (Å²) in [5, 5.41) is 12.0. The van der Waals surface area contributed by atoms with Crippen molar-refractivity contribution < 1.29 is 27.8 Å². The van der Waals surface area contributed by atoms with Crippen molar-refractivity contribution in [1.29, 1.82) is 0 Å². The number of likely N-dealkylation sites (tertiary alicyclic amines) is 1. The smallest absolute Gasteiger partial charge is 0.414 e. The van der Waals surface area contributed by atoms with E-state index in [1.54, 1.807) is 29.2 Å². The number of methoxy groups -OCH3 is 1. The number of ether oxygens (including phenoxy) is 1. The van der Waals surface area contributed by atoms with Gasteiger partial charge in [0.25, 0.3) is 0 Å². The van der Waals surface area contributed by atoms with Crippen LogP contribution in [0.1, 0.15) is 12.8 Å². The average Bonchev–Trinajstić information content (AvgIpc) is 2.54. The van der Waals surface area contributed by atoms with E-state index in [0.29, 0.717) is 24.5 Å². The van der Waals surface area contributed by atoms with Gasteiger partial charge in [-0.3, -0.25) is 9.69 Å². The first kappa shape index (κ1) is 18.5. The molecule has 8 heteroatoms. The number of nitrogens with zero attached hydrogens (tertiary/aromatic N) is 1. The lowest BCUT2D eigenvalue weighted by Gasteiger charge is -2.34. The summed E-state index contributed by atoms with van der Waals surface area (Å²) in [5.74, 6) is -0.421. The summed E-state index contributed by atoms with van der Waals surface area (Å²) in [7, 11) is 1.53. The molecule has 0 radical (unpaired) electrons. The summed E-state index contributed by atoms with van der Waals surface area (Å²) >= 11 is 0. The first-order valence-electron chi connectivity index (χ1n) is 7.70. The van der Waals surface area contributed by atoms with Crippen LogP contribution in [0.3, 0.4) is 0 Å². The molecule has 1 aromatic rings. The molecule has 0 spiro atoms. The van der Waals surface area contributed by atoms with Gasteiger partial charge >= 0.3 is 6.18 Å². The van der Waals surface area contributed by atoms with Crippen molar-refractivity contribution >= 4 is 11.6 Å². The summed E-state index contributed by atoms with van der Waals surface area (Å²) in [4.78, 5) is 13.8. The molecule has 2 N–H and O–H groups in total. The fourth-order valence-electron chi connectivity index (χ4n) is 2.80. The Balaban J connectivity index is 1.80. The number of carbonyl (C=O) groups is 1. The summed E-state index contributed by atoms with van der Waals surface area (Å²) in [5.41, 5.74) is 0.599. The van der Waals surface area contributed by atoms with Crippen LogP contribution in [-0.2, 0) is 4.79 Å². The number of hydrogen-bond donors (Lipinski definition) is 2. The number of nitrogens with one attached hydrogen (secondary N) is 1. The van der Waals surface area contributed by atoms with Crippen molar-refractivity contribution in [2.45, 2.75) is 25.1 Å². The summed E-state index contributed by atoms with van der Waals surface area (Å²) < 4.78 is 42.6. The maximum Gasteiger partial charge on any atom is 0.414 e. The number of amides is 1. The minimum absolute atomic E-state index is 0.103. The predicted octanol–water partition coefficient (Wildman–Crippen LogP) is 2.27. The van der Waals surface area contributed by atoms with Gasteiger partial charge in [0.1, 0.15) is 5.75 Å². The molecule has 1 aliphatic heterocycles. The molecule has 0 aliphatic carbocycles. The van der Waals surface area contributed by atoms with Gasteiger partial charge in [0.05, 0.1) is 13.7 Å². The van der Waals surface area contributed by atoms with Gasteiger partial charge < -0.3 is 15.2 Å². The van der Waals surface area contributed by atoms with E-state index in [-0.39, 0.29) is 25.3 Å². The summed E-state index contributed by atoms with van der Waals surface area (Å²) in [6.45, 7) is 0.804. The summed E-state index contributed by atoms with van der Waals surface area (Å²) in [6, 6.07) is 6.92. The molecule has 1 fully saturated rings. The van der Waals surface area contributed by atoms with Crippen LogP contribution < -0.4 is 10.1 Å². The third kappa shape index (κ3) is 5.10. The maximum absolute atomic E-state index is 12.5. The molecule has 1 heterocycles. The maximum atomic E-state index is 12.5. The van der Waals surface area contributed by atoms with Gasteiger partial charge in [0.2, 0.25) is 5.91 Å². The highest BCUT2D eigenvalue weighted by atomic mass is 19.4. The molecule has 1 unspecified atom stereocenters. The molecule has 2 rings (SSSR count). The second-order valence-electron chi connectivity index (χ2n) is 5.88. The Hall–Kier alpha value is -1.80. The lowest BCUT2D eigenvalue weighted by Crippen LogP contribution is -2.45. The van der Waals surface area contributed by atoms with Gasteiger partial charge in [-0.05, 0) is 44.0 Å². The molecular formula is C16H21F3N2O3. The number of rotatable bonds is 5. The lowest BCUT2D eigenvalue weighted by atomic mass is 9.91. The van der Waals surface area contributed by atoms with Crippen molar-refractivity contribution in [3.8, 4) is 5.75 Å². The van der Waals surface area contributed by atoms with Crippen LogP contribution in [0.15, 0.2) is 24.3 Å².